The number of aliphatic hydroxyl groups is 1. The van der Waals surface area contributed by atoms with Gasteiger partial charge in [0.25, 0.3) is 0 Å². The average Bonchev–Trinajstić information content (AvgIpc) is 2.74. The molecular weight excluding hydrogens is 194 g/mol. The zero-order valence-electron chi connectivity index (χ0n) is 8.28. The molecule has 2 heterocycles. The molecule has 0 amide bonds. The summed E-state index contributed by atoms with van der Waals surface area (Å²) >= 11 is 1.76. The van der Waals surface area contributed by atoms with E-state index in [1.165, 1.54) is 17.7 Å². The Morgan fingerprint density at radius 1 is 1.64 bits per heavy atom. The molecule has 2 N–H and O–H groups in total. The first-order valence-corrected chi connectivity index (χ1v) is 6.14. The summed E-state index contributed by atoms with van der Waals surface area (Å²) in [7, 11) is 0. The van der Waals surface area contributed by atoms with Gasteiger partial charge in [-0.05, 0) is 43.3 Å². The lowest BCUT2D eigenvalue weighted by atomic mass is 9.86. The number of hydrogen-bond donors (Lipinski definition) is 2. The maximum absolute atomic E-state index is 9.43. The third-order valence-corrected chi connectivity index (χ3v) is 4.01. The van der Waals surface area contributed by atoms with E-state index in [0.717, 1.165) is 13.1 Å². The third kappa shape index (κ3) is 2.16. The Labute approximate surface area is 89.0 Å². The van der Waals surface area contributed by atoms with Crippen molar-refractivity contribution in [3.05, 3.63) is 22.4 Å². The van der Waals surface area contributed by atoms with Crippen LogP contribution >= 0.6 is 11.3 Å². The van der Waals surface area contributed by atoms with Crippen LogP contribution < -0.4 is 5.32 Å². The van der Waals surface area contributed by atoms with Crippen LogP contribution in [0.15, 0.2) is 17.5 Å². The quantitative estimate of drug-likeness (QED) is 0.799. The number of thiophene rings is 1. The summed E-state index contributed by atoms with van der Waals surface area (Å²) in [5, 5.41) is 14.9. The largest absolute Gasteiger partial charge is 0.396 e. The number of aliphatic hydroxyl groups excluding tert-OH is 1. The van der Waals surface area contributed by atoms with Crippen molar-refractivity contribution in [2.45, 2.75) is 18.8 Å². The van der Waals surface area contributed by atoms with E-state index in [0.29, 0.717) is 11.8 Å². The SMILES string of the molecule is OCC(c1cccs1)C1CCCNC1. The van der Waals surface area contributed by atoms with Crippen LogP contribution in [0.2, 0.25) is 0 Å². The lowest BCUT2D eigenvalue weighted by Crippen LogP contribution is -2.34. The molecule has 1 aliphatic heterocycles. The molecular formula is C11H17NOS. The van der Waals surface area contributed by atoms with Gasteiger partial charge >= 0.3 is 0 Å². The van der Waals surface area contributed by atoms with Crippen LogP contribution in [0.4, 0.5) is 0 Å². The van der Waals surface area contributed by atoms with Crippen molar-refractivity contribution < 1.29 is 5.11 Å². The first kappa shape index (κ1) is 10.1. The standard InChI is InChI=1S/C11H17NOS/c13-8-10(11-4-2-6-14-11)9-3-1-5-12-7-9/h2,4,6,9-10,12-13H,1,3,5,7-8H2. The molecule has 0 bridgehead atoms. The van der Waals surface area contributed by atoms with Gasteiger partial charge in [0.2, 0.25) is 0 Å². The van der Waals surface area contributed by atoms with Crippen molar-refractivity contribution in [1.29, 1.82) is 0 Å². The highest BCUT2D eigenvalue weighted by atomic mass is 32.1. The number of piperidine rings is 1. The summed E-state index contributed by atoms with van der Waals surface area (Å²) in [5.41, 5.74) is 0. The Morgan fingerprint density at radius 3 is 3.14 bits per heavy atom. The predicted octanol–water partition coefficient (Wildman–Crippen LogP) is 1.82. The minimum Gasteiger partial charge on any atom is -0.396 e. The van der Waals surface area contributed by atoms with Crippen LogP contribution in [0, 0.1) is 5.92 Å². The summed E-state index contributed by atoms with van der Waals surface area (Å²) in [6.07, 6.45) is 2.49. The van der Waals surface area contributed by atoms with Crippen LogP contribution in [0.1, 0.15) is 23.6 Å². The molecule has 1 aliphatic rings. The van der Waals surface area contributed by atoms with Gasteiger partial charge in [-0.2, -0.15) is 0 Å². The van der Waals surface area contributed by atoms with E-state index in [1.807, 2.05) is 0 Å². The van der Waals surface area contributed by atoms with Gasteiger partial charge in [-0.3, -0.25) is 0 Å². The molecule has 0 aromatic carbocycles. The maximum atomic E-state index is 9.43. The van der Waals surface area contributed by atoms with E-state index in [-0.39, 0.29) is 6.61 Å². The molecule has 1 fully saturated rings. The Balaban J connectivity index is 2.04. The number of rotatable bonds is 3. The van der Waals surface area contributed by atoms with E-state index in [9.17, 15) is 5.11 Å². The Bertz CT molecular complexity index is 254. The smallest absolute Gasteiger partial charge is 0.0510 e. The molecule has 0 radical (unpaired) electrons. The molecule has 2 unspecified atom stereocenters. The monoisotopic (exact) mass is 211 g/mol. The summed E-state index contributed by atoms with van der Waals surface area (Å²) < 4.78 is 0. The zero-order valence-corrected chi connectivity index (χ0v) is 9.09. The lowest BCUT2D eigenvalue weighted by Gasteiger charge is -2.28. The van der Waals surface area contributed by atoms with E-state index < -0.39 is 0 Å². The van der Waals surface area contributed by atoms with E-state index >= 15 is 0 Å². The molecule has 0 aliphatic carbocycles. The Morgan fingerprint density at radius 2 is 2.57 bits per heavy atom. The van der Waals surface area contributed by atoms with Gasteiger partial charge in [0.1, 0.15) is 0 Å². The summed E-state index contributed by atoms with van der Waals surface area (Å²) in [6.45, 7) is 2.48. The number of nitrogens with one attached hydrogen (secondary N) is 1. The van der Waals surface area contributed by atoms with Crippen LogP contribution in [0.25, 0.3) is 0 Å². The molecule has 0 saturated carbocycles. The molecule has 0 spiro atoms. The summed E-state index contributed by atoms with van der Waals surface area (Å²) in [5.74, 6) is 0.968. The maximum Gasteiger partial charge on any atom is 0.0510 e. The van der Waals surface area contributed by atoms with Crippen molar-refractivity contribution in [2.24, 2.45) is 5.92 Å². The zero-order chi connectivity index (χ0) is 9.80. The topological polar surface area (TPSA) is 32.3 Å². The van der Waals surface area contributed by atoms with Gasteiger partial charge in [0.05, 0.1) is 6.61 Å². The van der Waals surface area contributed by atoms with E-state index in [1.54, 1.807) is 11.3 Å². The van der Waals surface area contributed by atoms with Gasteiger partial charge < -0.3 is 10.4 Å². The predicted molar refractivity (Wildman–Crippen MR) is 59.7 cm³/mol. The van der Waals surface area contributed by atoms with Crippen molar-refractivity contribution >= 4 is 11.3 Å². The molecule has 2 rings (SSSR count). The van der Waals surface area contributed by atoms with Gasteiger partial charge in [-0.15, -0.1) is 11.3 Å². The van der Waals surface area contributed by atoms with Gasteiger partial charge in [-0.25, -0.2) is 0 Å². The highest BCUT2D eigenvalue weighted by Crippen LogP contribution is 2.31. The van der Waals surface area contributed by atoms with E-state index in [2.05, 4.69) is 22.8 Å². The molecule has 2 atom stereocenters. The highest BCUT2D eigenvalue weighted by molar-refractivity contribution is 7.10. The fourth-order valence-electron chi connectivity index (χ4n) is 2.20. The summed E-state index contributed by atoms with van der Waals surface area (Å²) in [6, 6.07) is 4.21. The van der Waals surface area contributed by atoms with Crippen molar-refractivity contribution in [1.82, 2.24) is 5.32 Å². The molecule has 2 nitrogen and oxygen atoms in total. The van der Waals surface area contributed by atoms with Crippen molar-refractivity contribution in [2.75, 3.05) is 19.7 Å². The van der Waals surface area contributed by atoms with Crippen molar-refractivity contribution in [3.63, 3.8) is 0 Å². The first-order valence-electron chi connectivity index (χ1n) is 5.27. The van der Waals surface area contributed by atoms with Gasteiger partial charge in [-0.1, -0.05) is 6.07 Å². The Hall–Kier alpha value is -0.380. The lowest BCUT2D eigenvalue weighted by molar-refractivity contribution is 0.206. The second kappa shape index (κ2) is 4.91. The first-order chi connectivity index (χ1) is 6.92. The Kier molecular flexibility index (Phi) is 3.56. The van der Waals surface area contributed by atoms with Gasteiger partial charge in [0, 0.05) is 10.8 Å². The molecule has 1 aromatic heterocycles. The molecule has 3 heteroatoms. The normalized spacial score (nSPS) is 24.8. The molecule has 1 aromatic rings. The van der Waals surface area contributed by atoms with E-state index in [4.69, 9.17) is 0 Å². The summed E-state index contributed by atoms with van der Waals surface area (Å²) in [4.78, 5) is 1.33. The van der Waals surface area contributed by atoms with Crippen molar-refractivity contribution in [3.8, 4) is 0 Å². The fourth-order valence-corrected chi connectivity index (χ4v) is 3.11. The van der Waals surface area contributed by atoms with Crippen LogP contribution in [-0.2, 0) is 0 Å². The average molecular weight is 211 g/mol. The third-order valence-electron chi connectivity index (χ3n) is 3.01. The minimum atomic E-state index is 0.285. The number of hydrogen-bond acceptors (Lipinski definition) is 3. The molecule has 14 heavy (non-hydrogen) atoms. The fraction of sp³-hybridized carbons (Fsp3) is 0.636. The second-order valence-electron chi connectivity index (χ2n) is 3.91. The highest BCUT2D eigenvalue weighted by Gasteiger charge is 2.24. The van der Waals surface area contributed by atoms with Crippen LogP contribution in [0.5, 0.6) is 0 Å². The molecule has 78 valence electrons. The van der Waals surface area contributed by atoms with Crippen LogP contribution in [0.3, 0.4) is 0 Å². The van der Waals surface area contributed by atoms with Crippen LogP contribution in [-0.4, -0.2) is 24.8 Å². The molecule has 1 saturated heterocycles. The van der Waals surface area contributed by atoms with Gasteiger partial charge in [0.15, 0.2) is 0 Å². The second-order valence-corrected chi connectivity index (χ2v) is 4.89. The minimum absolute atomic E-state index is 0.285.